The first-order valence-corrected chi connectivity index (χ1v) is 9.24. The number of hydrogen-bond donors (Lipinski definition) is 0. The molecule has 4 aromatic rings. The average molecular weight is 370 g/mol. The first-order valence-electron chi connectivity index (χ1n) is 9.24. The smallest absolute Gasteiger partial charge is 0.227 e. The van der Waals surface area contributed by atoms with Crippen molar-refractivity contribution in [3.05, 3.63) is 103 Å². The molecular formula is C23H22N4O. The number of amides is 1. The predicted octanol–water partition coefficient (Wildman–Crippen LogP) is 3.86. The van der Waals surface area contributed by atoms with Crippen molar-refractivity contribution in [2.45, 2.75) is 13.0 Å². The van der Waals surface area contributed by atoms with Crippen LogP contribution in [0.25, 0.3) is 11.4 Å². The van der Waals surface area contributed by atoms with E-state index in [9.17, 15) is 4.79 Å². The number of aromatic nitrogens is 3. The lowest BCUT2D eigenvalue weighted by Crippen LogP contribution is -2.27. The van der Waals surface area contributed by atoms with E-state index in [4.69, 9.17) is 0 Å². The van der Waals surface area contributed by atoms with Gasteiger partial charge in [0.25, 0.3) is 0 Å². The molecule has 0 aliphatic heterocycles. The van der Waals surface area contributed by atoms with Crippen LogP contribution in [0.1, 0.15) is 11.1 Å². The molecule has 0 aliphatic rings. The van der Waals surface area contributed by atoms with Crippen molar-refractivity contribution in [2.75, 3.05) is 7.05 Å². The van der Waals surface area contributed by atoms with E-state index in [1.807, 2.05) is 108 Å². The molecule has 0 spiro atoms. The molecule has 0 saturated heterocycles. The zero-order valence-electron chi connectivity index (χ0n) is 15.8. The van der Waals surface area contributed by atoms with Gasteiger partial charge in [0, 0.05) is 43.4 Å². The fourth-order valence-electron chi connectivity index (χ4n) is 3.13. The zero-order valence-corrected chi connectivity index (χ0v) is 15.8. The number of carbonyl (C=O) groups excluding carboxylic acids is 1. The van der Waals surface area contributed by atoms with Crippen LogP contribution in [0.2, 0.25) is 0 Å². The minimum absolute atomic E-state index is 0.0844. The number of nitrogens with zero attached hydrogens (tertiary/aromatic N) is 4. The second-order valence-electron chi connectivity index (χ2n) is 6.81. The molecule has 0 bridgehead atoms. The first kappa shape index (κ1) is 17.8. The van der Waals surface area contributed by atoms with Crippen molar-refractivity contribution in [3.8, 4) is 11.4 Å². The lowest BCUT2D eigenvalue weighted by molar-refractivity contribution is -0.129. The molecule has 2 aromatic carbocycles. The summed E-state index contributed by atoms with van der Waals surface area (Å²) < 4.78 is 3.87. The Hall–Kier alpha value is -3.60. The average Bonchev–Trinajstić information content (AvgIpc) is 3.41. The highest BCUT2D eigenvalue weighted by Gasteiger charge is 2.12. The van der Waals surface area contributed by atoms with E-state index < -0.39 is 0 Å². The van der Waals surface area contributed by atoms with Gasteiger partial charge in [-0.3, -0.25) is 4.79 Å². The van der Waals surface area contributed by atoms with Crippen LogP contribution in [0.15, 0.2) is 91.5 Å². The zero-order chi connectivity index (χ0) is 19.3. The molecule has 28 heavy (non-hydrogen) atoms. The van der Waals surface area contributed by atoms with Gasteiger partial charge in [-0.1, -0.05) is 30.3 Å². The molecule has 0 saturated carbocycles. The summed E-state index contributed by atoms with van der Waals surface area (Å²) in [7, 11) is 1.83. The lowest BCUT2D eigenvalue weighted by Gasteiger charge is -2.16. The Morgan fingerprint density at radius 1 is 0.893 bits per heavy atom. The standard InChI is InChI=1S/C23H22N4O/c1-25(17-20-16-24-27(18-20)22-7-3-2-4-8-22)23(28)15-19-9-11-21(12-10-19)26-13-5-6-14-26/h2-14,16,18H,15,17H2,1H3. The van der Waals surface area contributed by atoms with Crippen LogP contribution in [-0.2, 0) is 17.8 Å². The summed E-state index contributed by atoms with van der Waals surface area (Å²) in [5, 5.41) is 4.39. The second-order valence-corrected chi connectivity index (χ2v) is 6.81. The molecule has 2 aromatic heterocycles. The molecule has 0 fully saturated rings. The SMILES string of the molecule is CN(Cc1cnn(-c2ccccc2)c1)C(=O)Cc1ccc(-n2cccc2)cc1. The molecule has 140 valence electrons. The fourth-order valence-corrected chi connectivity index (χ4v) is 3.13. The maximum Gasteiger partial charge on any atom is 0.227 e. The van der Waals surface area contributed by atoms with Gasteiger partial charge in [0.1, 0.15) is 0 Å². The van der Waals surface area contributed by atoms with Gasteiger partial charge in [-0.2, -0.15) is 5.10 Å². The summed E-state index contributed by atoms with van der Waals surface area (Å²) in [5.41, 5.74) is 4.10. The van der Waals surface area contributed by atoms with E-state index in [1.54, 1.807) is 4.90 Å². The van der Waals surface area contributed by atoms with E-state index in [-0.39, 0.29) is 5.91 Å². The van der Waals surface area contributed by atoms with E-state index in [0.717, 1.165) is 22.5 Å². The fraction of sp³-hybridized carbons (Fsp3) is 0.130. The van der Waals surface area contributed by atoms with Gasteiger partial charge < -0.3 is 9.47 Å². The summed E-state index contributed by atoms with van der Waals surface area (Å²) in [5.74, 6) is 0.0844. The normalized spacial score (nSPS) is 10.8. The molecule has 4 rings (SSSR count). The summed E-state index contributed by atoms with van der Waals surface area (Å²) in [6.07, 6.45) is 8.16. The number of hydrogen-bond acceptors (Lipinski definition) is 2. The maximum absolute atomic E-state index is 12.6. The lowest BCUT2D eigenvalue weighted by atomic mass is 10.1. The Kier molecular flexibility index (Phi) is 5.06. The van der Waals surface area contributed by atoms with Gasteiger partial charge in [-0.05, 0) is 42.0 Å². The Balaban J connectivity index is 1.37. The Morgan fingerprint density at radius 3 is 2.32 bits per heavy atom. The van der Waals surface area contributed by atoms with Gasteiger partial charge in [-0.15, -0.1) is 0 Å². The number of benzene rings is 2. The van der Waals surface area contributed by atoms with Gasteiger partial charge >= 0.3 is 0 Å². The van der Waals surface area contributed by atoms with Crippen LogP contribution >= 0.6 is 0 Å². The van der Waals surface area contributed by atoms with Gasteiger partial charge in [-0.25, -0.2) is 4.68 Å². The van der Waals surface area contributed by atoms with Gasteiger partial charge in [0.05, 0.1) is 18.3 Å². The predicted molar refractivity (Wildman–Crippen MR) is 110 cm³/mol. The largest absolute Gasteiger partial charge is 0.341 e. The molecule has 0 atom stereocenters. The summed E-state index contributed by atoms with van der Waals surface area (Å²) in [6, 6.07) is 22.0. The minimum Gasteiger partial charge on any atom is -0.341 e. The molecule has 2 heterocycles. The molecule has 0 radical (unpaired) electrons. The topological polar surface area (TPSA) is 43.1 Å². The molecule has 0 aliphatic carbocycles. The van der Waals surface area contributed by atoms with Crippen LogP contribution < -0.4 is 0 Å². The molecule has 5 heteroatoms. The molecule has 5 nitrogen and oxygen atoms in total. The van der Waals surface area contributed by atoms with Crippen molar-refractivity contribution < 1.29 is 4.79 Å². The second kappa shape index (κ2) is 7.96. The van der Waals surface area contributed by atoms with Crippen molar-refractivity contribution >= 4 is 5.91 Å². The van der Waals surface area contributed by atoms with Crippen molar-refractivity contribution in [1.29, 1.82) is 0 Å². The highest BCUT2D eigenvalue weighted by atomic mass is 16.2. The van der Waals surface area contributed by atoms with Crippen molar-refractivity contribution in [3.63, 3.8) is 0 Å². The van der Waals surface area contributed by atoms with Crippen LogP contribution in [-0.4, -0.2) is 32.2 Å². The molecule has 1 amide bonds. The minimum atomic E-state index is 0.0844. The maximum atomic E-state index is 12.6. The third-order valence-electron chi connectivity index (χ3n) is 4.70. The van der Waals surface area contributed by atoms with Gasteiger partial charge in [0.15, 0.2) is 0 Å². The van der Waals surface area contributed by atoms with E-state index >= 15 is 0 Å². The van der Waals surface area contributed by atoms with Gasteiger partial charge in [0.2, 0.25) is 5.91 Å². The van der Waals surface area contributed by atoms with Crippen LogP contribution in [0.5, 0.6) is 0 Å². The van der Waals surface area contributed by atoms with Crippen LogP contribution in [0, 0.1) is 0 Å². The third-order valence-corrected chi connectivity index (χ3v) is 4.70. The molecule has 0 unspecified atom stereocenters. The number of rotatable bonds is 6. The monoisotopic (exact) mass is 370 g/mol. The highest BCUT2D eigenvalue weighted by molar-refractivity contribution is 5.78. The molecule has 0 N–H and O–H groups in total. The van der Waals surface area contributed by atoms with E-state index in [0.29, 0.717) is 13.0 Å². The summed E-state index contributed by atoms with van der Waals surface area (Å²) in [4.78, 5) is 14.3. The summed E-state index contributed by atoms with van der Waals surface area (Å²) in [6.45, 7) is 0.535. The third kappa shape index (κ3) is 4.04. The first-order chi connectivity index (χ1) is 13.7. The Morgan fingerprint density at radius 2 is 1.61 bits per heavy atom. The Bertz CT molecular complexity index is 1030. The highest BCUT2D eigenvalue weighted by Crippen LogP contribution is 2.13. The summed E-state index contributed by atoms with van der Waals surface area (Å²) >= 11 is 0. The number of carbonyl (C=O) groups is 1. The van der Waals surface area contributed by atoms with E-state index in [1.165, 1.54) is 0 Å². The quantitative estimate of drug-likeness (QED) is 0.517. The number of para-hydroxylation sites is 1. The van der Waals surface area contributed by atoms with Crippen molar-refractivity contribution in [2.24, 2.45) is 0 Å². The number of likely N-dealkylation sites (N-methyl/N-ethyl adjacent to an activating group) is 1. The van der Waals surface area contributed by atoms with Crippen molar-refractivity contribution in [1.82, 2.24) is 19.2 Å². The van der Waals surface area contributed by atoms with E-state index in [2.05, 4.69) is 5.10 Å². The Labute approximate surface area is 164 Å². The molecular weight excluding hydrogens is 348 g/mol. The van der Waals surface area contributed by atoms with Crippen LogP contribution in [0.4, 0.5) is 0 Å². The van der Waals surface area contributed by atoms with Crippen LogP contribution in [0.3, 0.4) is 0 Å².